The molecule has 2 aromatic rings. The maximum Gasteiger partial charge on any atom is 0.335 e. The average molecular weight is 379 g/mol. The molecule has 0 unspecified atom stereocenters. The monoisotopic (exact) mass is 379 g/mol. The average Bonchev–Trinajstić information content (AvgIpc) is 3.14. The van der Waals surface area contributed by atoms with Gasteiger partial charge in [0.2, 0.25) is 0 Å². The predicted molar refractivity (Wildman–Crippen MR) is 108 cm³/mol. The maximum atomic E-state index is 11.4. The molecule has 0 aromatic heterocycles. The molecular weight excluding hydrogens is 358 g/mol. The molecule has 0 radical (unpaired) electrons. The number of carboxylic acids is 1. The molecule has 4 nitrogen and oxygen atoms in total. The number of rotatable bonds is 4. The van der Waals surface area contributed by atoms with Crippen LogP contribution in [0.2, 0.25) is 0 Å². The Labute approximate surface area is 162 Å². The van der Waals surface area contributed by atoms with E-state index in [1.54, 1.807) is 6.07 Å². The van der Waals surface area contributed by atoms with Gasteiger partial charge in [-0.15, -0.1) is 0 Å². The third-order valence-electron chi connectivity index (χ3n) is 5.74. The van der Waals surface area contributed by atoms with Crippen LogP contribution in [0.3, 0.4) is 0 Å². The summed E-state index contributed by atoms with van der Waals surface area (Å²) in [6, 6.07) is 14.0. The summed E-state index contributed by atoms with van der Waals surface area (Å²) in [7, 11) is 0. The predicted octanol–water partition coefficient (Wildman–Crippen LogP) is 4.71. The highest BCUT2D eigenvalue weighted by molar-refractivity contribution is 8.00. The normalized spacial score (nSPS) is 25.9. The van der Waals surface area contributed by atoms with E-state index >= 15 is 0 Å². The van der Waals surface area contributed by atoms with Gasteiger partial charge in [-0.05, 0) is 53.8 Å². The molecule has 1 aliphatic carbocycles. The Morgan fingerprint density at radius 3 is 2.85 bits per heavy atom. The summed E-state index contributed by atoms with van der Waals surface area (Å²) in [6.45, 7) is 0. The minimum atomic E-state index is -0.877. The number of carbonyl (C=O) groups is 1. The Bertz CT molecular complexity index is 922. The van der Waals surface area contributed by atoms with Crippen LogP contribution in [0, 0.1) is 5.92 Å². The molecule has 3 atom stereocenters. The van der Waals surface area contributed by atoms with Crippen LogP contribution in [0.15, 0.2) is 54.6 Å². The van der Waals surface area contributed by atoms with Gasteiger partial charge >= 0.3 is 5.97 Å². The molecule has 138 valence electrons. The summed E-state index contributed by atoms with van der Waals surface area (Å²) in [6.07, 6.45) is 5.78. The van der Waals surface area contributed by atoms with Crippen molar-refractivity contribution in [1.82, 2.24) is 0 Å². The van der Waals surface area contributed by atoms with Crippen molar-refractivity contribution in [2.75, 3.05) is 16.8 Å². The first kappa shape index (κ1) is 16.8. The molecule has 5 heteroatoms. The van der Waals surface area contributed by atoms with Crippen LogP contribution in [-0.4, -0.2) is 28.7 Å². The van der Waals surface area contributed by atoms with Crippen LogP contribution in [0.5, 0.6) is 5.75 Å². The van der Waals surface area contributed by atoms with Gasteiger partial charge in [-0.3, -0.25) is 0 Å². The molecule has 0 bridgehead atoms. The lowest BCUT2D eigenvalue weighted by atomic mass is 9.76. The number of nitrogens with one attached hydrogen (secondary N) is 1. The van der Waals surface area contributed by atoms with Gasteiger partial charge in [-0.1, -0.05) is 24.3 Å². The van der Waals surface area contributed by atoms with Crippen molar-refractivity contribution in [3.05, 3.63) is 71.3 Å². The van der Waals surface area contributed by atoms with E-state index in [1.165, 1.54) is 5.56 Å². The number of allylic oxidation sites excluding steroid dienone is 2. The minimum absolute atomic E-state index is 0.187. The lowest BCUT2D eigenvalue weighted by molar-refractivity contribution is 0.0696. The van der Waals surface area contributed by atoms with E-state index in [1.807, 2.05) is 30.0 Å². The molecule has 2 aromatic carbocycles. The van der Waals surface area contributed by atoms with Gasteiger partial charge in [0.1, 0.15) is 11.9 Å². The van der Waals surface area contributed by atoms with Crippen LogP contribution >= 0.6 is 11.8 Å². The Morgan fingerprint density at radius 1 is 1.19 bits per heavy atom. The highest BCUT2D eigenvalue weighted by Gasteiger charge is 2.38. The minimum Gasteiger partial charge on any atom is -0.489 e. The molecular formula is C22H21NO3S. The zero-order chi connectivity index (χ0) is 18.4. The first-order valence-corrected chi connectivity index (χ1v) is 10.5. The maximum absolute atomic E-state index is 11.4. The first-order valence-electron chi connectivity index (χ1n) is 9.34. The fourth-order valence-electron chi connectivity index (χ4n) is 4.31. The lowest BCUT2D eigenvalue weighted by Crippen LogP contribution is -2.31. The number of aromatic carboxylic acids is 1. The van der Waals surface area contributed by atoms with Gasteiger partial charge in [-0.2, -0.15) is 11.8 Å². The zero-order valence-electron chi connectivity index (χ0n) is 14.8. The van der Waals surface area contributed by atoms with Gasteiger partial charge < -0.3 is 15.2 Å². The molecule has 1 saturated heterocycles. The Hall–Kier alpha value is -2.40. The second-order valence-corrected chi connectivity index (χ2v) is 8.51. The smallest absolute Gasteiger partial charge is 0.335 e. The summed E-state index contributed by atoms with van der Waals surface area (Å²) < 4.78 is 6.08. The van der Waals surface area contributed by atoms with Crippen LogP contribution in [0.4, 0.5) is 5.69 Å². The van der Waals surface area contributed by atoms with Crippen LogP contribution in [0.1, 0.15) is 39.9 Å². The zero-order valence-corrected chi connectivity index (χ0v) is 15.6. The second-order valence-electron chi connectivity index (χ2n) is 7.43. The third-order valence-corrected chi connectivity index (χ3v) is 6.95. The Kier molecular flexibility index (Phi) is 4.12. The molecule has 1 fully saturated rings. The SMILES string of the molecule is O=C(O)c1ccc2c(c1)[C@@H]1C=CC[C@H]1[C@@H](c1cccc(OC3CSC3)c1)N2. The topological polar surface area (TPSA) is 58.6 Å². The van der Waals surface area contributed by atoms with Crippen molar-refractivity contribution in [1.29, 1.82) is 0 Å². The molecule has 3 aliphatic rings. The molecule has 27 heavy (non-hydrogen) atoms. The molecule has 0 amide bonds. The van der Waals surface area contributed by atoms with E-state index in [0.29, 0.717) is 17.6 Å². The third kappa shape index (κ3) is 3.00. The van der Waals surface area contributed by atoms with E-state index in [2.05, 4.69) is 35.7 Å². The van der Waals surface area contributed by atoms with Crippen LogP contribution in [-0.2, 0) is 0 Å². The summed E-state index contributed by atoms with van der Waals surface area (Å²) in [5, 5.41) is 13.0. The number of ether oxygens (including phenoxy) is 1. The fourth-order valence-corrected chi connectivity index (χ4v) is 4.88. The number of hydrogen-bond acceptors (Lipinski definition) is 4. The Balaban J connectivity index is 1.47. The Morgan fingerprint density at radius 2 is 2.07 bits per heavy atom. The number of hydrogen-bond donors (Lipinski definition) is 2. The highest BCUT2D eigenvalue weighted by atomic mass is 32.2. The van der Waals surface area contributed by atoms with Crippen molar-refractivity contribution < 1.29 is 14.6 Å². The van der Waals surface area contributed by atoms with E-state index in [-0.39, 0.29) is 12.0 Å². The summed E-state index contributed by atoms with van der Waals surface area (Å²) in [5.41, 5.74) is 3.69. The molecule has 0 spiro atoms. The van der Waals surface area contributed by atoms with E-state index < -0.39 is 5.97 Å². The summed E-state index contributed by atoms with van der Waals surface area (Å²) in [4.78, 5) is 11.4. The second kappa shape index (κ2) is 6.64. The summed E-state index contributed by atoms with van der Waals surface area (Å²) in [5.74, 6) is 2.83. The number of thioether (sulfide) groups is 1. The van der Waals surface area contributed by atoms with Crippen molar-refractivity contribution in [3.8, 4) is 5.75 Å². The lowest BCUT2D eigenvalue weighted by Gasteiger charge is -2.38. The highest BCUT2D eigenvalue weighted by Crippen LogP contribution is 2.50. The number of carboxylic acid groups (broad SMARTS) is 1. The van der Waals surface area contributed by atoms with Crippen molar-refractivity contribution in [3.63, 3.8) is 0 Å². The van der Waals surface area contributed by atoms with Gasteiger partial charge in [0, 0.05) is 23.1 Å². The quantitative estimate of drug-likeness (QED) is 0.754. The number of fused-ring (bicyclic) bond motifs is 3. The van der Waals surface area contributed by atoms with Gasteiger partial charge in [0.05, 0.1) is 11.6 Å². The van der Waals surface area contributed by atoms with Crippen molar-refractivity contribution in [2.45, 2.75) is 24.5 Å². The molecule has 2 aliphatic heterocycles. The van der Waals surface area contributed by atoms with E-state index in [4.69, 9.17) is 4.74 Å². The van der Waals surface area contributed by atoms with E-state index in [9.17, 15) is 9.90 Å². The summed E-state index contributed by atoms with van der Waals surface area (Å²) >= 11 is 1.92. The number of benzene rings is 2. The fraction of sp³-hybridized carbons (Fsp3) is 0.318. The van der Waals surface area contributed by atoms with Crippen LogP contribution in [0.25, 0.3) is 0 Å². The van der Waals surface area contributed by atoms with E-state index in [0.717, 1.165) is 34.9 Å². The van der Waals surface area contributed by atoms with Crippen LogP contribution < -0.4 is 10.1 Å². The molecule has 5 rings (SSSR count). The largest absolute Gasteiger partial charge is 0.489 e. The first-order chi connectivity index (χ1) is 13.2. The van der Waals surface area contributed by atoms with Gasteiger partial charge in [-0.25, -0.2) is 4.79 Å². The standard InChI is InChI=1S/C22H21NO3S/c24-22(25)14-7-8-20-19(10-14)17-5-2-6-18(17)21(23-20)13-3-1-4-15(9-13)26-16-11-27-12-16/h1-5,7-10,16-18,21,23H,6,11-12H2,(H,24,25)/t17-,18-,21-/m1/s1. The number of anilines is 1. The molecule has 0 saturated carbocycles. The van der Waals surface area contributed by atoms with Gasteiger partial charge in [0.15, 0.2) is 0 Å². The molecule has 2 N–H and O–H groups in total. The van der Waals surface area contributed by atoms with Crippen molar-refractivity contribution in [2.24, 2.45) is 5.92 Å². The van der Waals surface area contributed by atoms with Gasteiger partial charge in [0.25, 0.3) is 0 Å². The molecule has 2 heterocycles. The van der Waals surface area contributed by atoms with Crippen molar-refractivity contribution >= 4 is 23.4 Å².